The number of rotatable bonds is 5. The van der Waals surface area contributed by atoms with Gasteiger partial charge >= 0.3 is 0 Å². The molecule has 0 unspecified atom stereocenters. The first kappa shape index (κ1) is 14.9. The fourth-order valence-electron chi connectivity index (χ4n) is 3.52. The summed E-state index contributed by atoms with van der Waals surface area (Å²) >= 11 is 6.26. The molecule has 3 rings (SSSR count). The Morgan fingerprint density at radius 3 is 2.76 bits per heavy atom. The highest BCUT2D eigenvalue weighted by Gasteiger charge is 2.30. The third-order valence-corrected chi connectivity index (χ3v) is 5.39. The van der Waals surface area contributed by atoms with E-state index in [9.17, 15) is 0 Å². The number of nitrogens with one attached hydrogen (secondary N) is 1. The quantitative estimate of drug-likeness (QED) is 0.850. The van der Waals surface area contributed by atoms with Crippen LogP contribution >= 0.6 is 11.6 Å². The summed E-state index contributed by atoms with van der Waals surface area (Å²) in [7, 11) is 2.01. The largest absolute Gasteiger partial charge is 0.310 e. The first-order valence-corrected chi connectivity index (χ1v) is 8.45. The average Bonchev–Trinajstić information content (AvgIpc) is 2.85. The van der Waals surface area contributed by atoms with E-state index in [0.29, 0.717) is 5.41 Å². The Balaban J connectivity index is 1.66. The standard InChI is InChI=1S/C17H24ClN3/c1-21-16-8-4-3-7-14(16)15(20-21)11-19-13-17(12-18)9-5-2-6-10-17/h3-4,7-8,19H,2,5-6,9-13H2,1H3. The zero-order chi connectivity index (χ0) is 14.7. The monoisotopic (exact) mass is 305 g/mol. The van der Waals surface area contributed by atoms with Crippen molar-refractivity contribution in [2.45, 2.75) is 38.6 Å². The number of fused-ring (bicyclic) bond motifs is 1. The van der Waals surface area contributed by atoms with Gasteiger partial charge in [0, 0.05) is 31.4 Å². The average molecular weight is 306 g/mol. The summed E-state index contributed by atoms with van der Waals surface area (Å²) in [5.41, 5.74) is 2.62. The molecule has 0 saturated heterocycles. The molecule has 1 N–H and O–H groups in total. The second-order valence-electron chi connectivity index (χ2n) is 6.39. The van der Waals surface area contributed by atoms with Crippen molar-refractivity contribution in [3.63, 3.8) is 0 Å². The molecule has 0 spiro atoms. The van der Waals surface area contributed by atoms with Gasteiger partial charge in [-0.05, 0) is 24.3 Å². The molecule has 21 heavy (non-hydrogen) atoms. The van der Waals surface area contributed by atoms with Crippen LogP contribution in [0.1, 0.15) is 37.8 Å². The summed E-state index contributed by atoms with van der Waals surface area (Å²) in [5, 5.41) is 9.50. The zero-order valence-corrected chi connectivity index (χ0v) is 13.5. The molecule has 0 radical (unpaired) electrons. The second-order valence-corrected chi connectivity index (χ2v) is 6.65. The van der Waals surface area contributed by atoms with E-state index in [1.165, 1.54) is 43.0 Å². The van der Waals surface area contributed by atoms with Crippen molar-refractivity contribution in [2.24, 2.45) is 12.5 Å². The van der Waals surface area contributed by atoms with E-state index in [1.54, 1.807) is 0 Å². The number of nitrogens with zero attached hydrogens (tertiary/aromatic N) is 2. The van der Waals surface area contributed by atoms with Crippen molar-refractivity contribution < 1.29 is 0 Å². The molecule has 1 aromatic heterocycles. The molecule has 1 heterocycles. The molecule has 0 amide bonds. The molecule has 1 aromatic carbocycles. The van der Waals surface area contributed by atoms with E-state index in [2.05, 4.69) is 34.7 Å². The number of para-hydroxylation sites is 1. The Morgan fingerprint density at radius 1 is 1.24 bits per heavy atom. The number of halogens is 1. The van der Waals surface area contributed by atoms with Gasteiger partial charge in [0.15, 0.2) is 0 Å². The van der Waals surface area contributed by atoms with Gasteiger partial charge in [0.2, 0.25) is 0 Å². The van der Waals surface area contributed by atoms with Gasteiger partial charge in [-0.1, -0.05) is 37.5 Å². The normalized spacial score (nSPS) is 18.2. The lowest BCUT2D eigenvalue weighted by Crippen LogP contribution is -2.37. The minimum Gasteiger partial charge on any atom is -0.310 e. The van der Waals surface area contributed by atoms with E-state index in [0.717, 1.165) is 24.7 Å². The molecule has 4 heteroatoms. The molecule has 1 saturated carbocycles. The van der Waals surface area contributed by atoms with Crippen LogP contribution in [0.25, 0.3) is 10.9 Å². The number of alkyl halides is 1. The van der Waals surface area contributed by atoms with Crippen LogP contribution in [0.2, 0.25) is 0 Å². The highest BCUT2D eigenvalue weighted by molar-refractivity contribution is 6.18. The maximum absolute atomic E-state index is 6.26. The summed E-state index contributed by atoms with van der Waals surface area (Å²) < 4.78 is 1.96. The summed E-state index contributed by atoms with van der Waals surface area (Å²) in [6.45, 7) is 1.82. The van der Waals surface area contributed by atoms with Gasteiger partial charge in [-0.2, -0.15) is 5.10 Å². The Morgan fingerprint density at radius 2 is 2.00 bits per heavy atom. The van der Waals surface area contributed by atoms with Crippen LogP contribution in [0.15, 0.2) is 24.3 Å². The van der Waals surface area contributed by atoms with Gasteiger partial charge in [-0.3, -0.25) is 4.68 Å². The minimum atomic E-state index is 0.296. The summed E-state index contributed by atoms with van der Waals surface area (Å²) in [4.78, 5) is 0. The van der Waals surface area contributed by atoms with Crippen LogP contribution in [0.3, 0.4) is 0 Å². The second kappa shape index (κ2) is 6.37. The van der Waals surface area contributed by atoms with Crippen LogP contribution in [0.4, 0.5) is 0 Å². The maximum atomic E-state index is 6.26. The van der Waals surface area contributed by atoms with Gasteiger partial charge in [0.05, 0.1) is 11.2 Å². The Bertz CT molecular complexity index is 599. The van der Waals surface area contributed by atoms with Gasteiger partial charge in [-0.15, -0.1) is 11.6 Å². The molecule has 1 aliphatic carbocycles. The Labute approximate surface area is 131 Å². The van der Waals surface area contributed by atoms with Gasteiger partial charge in [0.25, 0.3) is 0 Å². The highest BCUT2D eigenvalue weighted by Crippen LogP contribution is 2.36. The van der Waals surface area contributed by atoms with E-state index in [4.69, 9.17) is 11.6 Å². The first-order chi connectivity index (χ1) is 10.2. The smallest absolute Gasteiger partial charge is 0.0841 e. The molecule has 0 aliphatic heterocycles. The zero-order valence-electron chi connectivity index (χ0n) is 12.7. The lowest BCUT2D eigenvalue weighted by Gasteiger charge is -2.35. The molecule has 1 fully saturated rings. The number of aromatic nitrogens is 2. The number of aryl methyl sites for hydroxylation is 1. The van der Waals surface area contributed by atoms with Crippen LogP contribution in [-0.2, 0) is 13.6 Å². The van der Waals surface area contributed by atoms with Crippen molar-refractivity contribution in [1.29, 1.82) is 0 Å². The van der Waals surface area contributed by atoms with Gasteiger partial charge in [-0.25, -0.2) is 0 Å². The fourth-order valence-corrected chi connectivity index (χ4v) is 3.89. The van der Waals surface area contributed by atoms with E-state index in [-0.39, 0.29) is 0 Å². The predicted molar refractivity (Wildman–Crippen MR) is 88.7 cm³/mol. The van der Waals surface area contributed by atoms with Gasteiger partial charge in [0.1, 0.15) is 0 Å². The summed E-state index contributed by atoms with van der Waals surface area (Å²) in [5.74, 6) is 0.767. The maximum Gasteiger partial charge on any atom is 0.0841 e. The molecular weight excluding hydrogens is 282 g/mol. The summed E-state index contributed by atoms with van der Waals surface area (Å²) in [6, 6.07) is 8.41. The predicted octanol–water partition coefficient (Wildman–Crippen LogP) is 3.85. The van der Waals surface area contributed by atoms with Crippen molar-refractivity contribution in [3.05, 3.63) is 30.0 Å². The Hall–Kier alpha value is -1.06. The SMILES string of the molecule is Cn1nc(CNCC2(CCl)CCCCC2)c2ccccc21. The molecule has 3 nitrogen and oxygen atoms in total. The van der Waals surface area contributed by atoms with Crippen molar-refractivity contribution in [2.75, 3.05) is 12.4 Å². The number of hydrogen-bond acceptors (Lipinski definition) is 2. The van der Waals surface area contributed by atoms with Gasteiger partial charge < -0.3 is 5.32 Å². The van der Waals surface area contributed by atoms with Crippen LogP contribution < -0.4 is 5.32 Å². The first-order valence-electron chi connectivity index (χ1n) is 7.91. The minimum absolute atomic E-state index is 0.296. The molecule has 0 bridgehead atoms. The molecule has 2 aromatic rings. The summed E-state index contributed by atoms with van der Waals surface area (Å²) in [6.07, 6.45) is 6.52. The topological polar surface area (TPSA) is 29.9 Å². The van der Waals surface area contributed by atoms with Crippen molar-refractivity contribution in [3.8, 4) is 0 Å². The Kier molecular flexibility index (Phi) is 4.51. The molecule has 0 atom stereocenters. The van der Waals surface area contributed by atoms with E-state index >= 15 is 0 Å². The van der Waals surface area contributed by atoms with Crippen LogP contribution in [0, 0.1) is 5.41 Å². The molecular formula is C17H24ClN3. The third-order valence-electron chi connectivity index (χ3n) is 4.82. The lowest BCUT2D eigenvalue weighted by atomic mass is 9.75. The van der Waals surface area contributed by atoms with Crippen LogP contribution in [0.5, 0.6) is 0 Å². The number of hydrogen-bond donors (Lipinski definition) is 1. The fraction of sp³-hybridized carbons (Fsp3) is 0.588. The highest BCUT2D eigenvalue weighted by atomic mass is 35.5. The van der Waals surface area contributed by atoms with Crippen LogP contribution in [-0.4, -0.2) is 22.2 Å². The van der Waals surface area contributed by atoms with Crippen molar-refractivity contribution in [1.82, 2.24) is 15.1 Å². The lowest BCUT2D eigenvalue weighted by molar-refractivity contribution is 0.212. The molecule has 114 valence electrons. The number of benzene rings is 1. The molecule has 1 aliphatic rings. The van der Waals surface area contributed by atoms with E-state index < -0.39 is 0 Å². The third kappa shape index (κ3) is 3.09. The van der Waals surface area contributed by atoms with Crippen molar-refractivity contribution >= 4 is 22.5 Å². The van der Waals surface area contributed by atoms with E-state index in [1.807, 2.05) is 11.7 Å².